The molecule has 6 nitrogen and oxygen atoms in total. The zero-order chi connectivity index (χ0) is 22.3. The highest BCUT2D eigenvalue weighted by Gasteiger charge is 2.22. The van der Waals surface area contributed by atoms with Gasteiger partial charge in [-0.25, -0.2) is 8.78 Å². The van der Waals surface area contributed by atoms with Crippen molar-refractivity contribution >= 4 is 36.3 Å². The van der Waals surface area contributed by atoms with E-state index in [0.717, 1.165) is 6.07 Å². The van der Waals surface area contributed by atoms with E-state index in [1.165, 1.54) is 25.2 Å². The van der Waals surface area contributed by atoms with E-state index in [0.29, 0.717) is 24.9 Å². The van der Waals surface area contributed by atoms with Crippen molar-refractivity contribution in [3.8, 4) is 11.5 Å². The van der Waals surface area contributed by atoms with E-state index in [2.05, 4.69) is 16.0 Å². The van der Waals surface area contributed by atoms with Crippen LogP contribution in [0, 0.1) is 11.6 Å². The van der Waals surface area contributed by atoms with Gasteiger partial charge in [-0.3, -0.25) is 9.59 Å². The minimum Gasteiger partial charge on any atom is -0.453 e. The fourth-order valence-corrected chi connectivity index (χ4v) is 3.14. The third-order valence-corrected chi connectivity index (χ3v) is 4.78. The zero-order valence-corrected chi connectivity index (χ0v) is 18.9. The number of carbonyl (C=O) groups is 2. The van der Waals surface area contributed by atoms with Gasteiger partial charge in [0, 0.05) is 31.2 Å². The van der Waals surface area contributed by atoms with Gasteiger partial charge in [-0.05, 0) is 37.6 Å². The number of halogens is 4. The molecule has 0 spiro atoms. The highest BCUT2D eigenvalue weighted by molar-refractivity contribution is 6.32. The Labute approximate surface area is 191 Å². The third-order valence-electron chi connectivity index (χ3n) is 4.49. The van der Waals surface area contributed by atoms with Gasteiger partial charge in [0.05, 0.1) is 10.6 Å². The van der Waals surface area contributed by atoms with Crippen LogP contribution in [0.2, 0.25) is 5.02 Å². The van der Waals surface area contributed by atoms with Crippen molar-refractivity contribution in [3.05, 3.63) is 58.1 Å². The van der Waals surface area contributed by atoms with Crippen LogP contribution in [0.4, 0.5) is 8.78 Å². The van der Waals surface area contributed by atoms with Gasteiger partial charge in [-0.1, -0.05) is 24.6 Å². The molecule has 0 aliphatic heterocycles. The summed E-state index contributed by atoms with van der Waals surface area (Å²) in [6.07, 6.45) is 1.17. The summed E-state index contributed by atoms with van der Waals surface area (Å²) in [6.45, 7) is 4.14. The second-order valence-corrected chi connectivity index (χ2v) is 7.06. The summed E-state index contributed by atoms with van der Waals surface area (Å²) in [5.41, 5.74) is 0.107. The van der Waals surface area contributed by atoms with Crippen molar-refractivity contribution in [2.75, 3.05) is 13.6 Å². The molecule has 0 unspecified atom stereocenters. The molecule has 0 fully saturated rings. The second-order valence-electron chi connectivity index (χ2n) is 6.66. The summed E-state index contributed by atoms with van der Waals surface area (Å²) in [6, 6.07) is 6.14. The molecule has 31 heavy (non-hydrogen) atoms. The van der Waals surface area contributed by atoms with Gasteiger partial charge in [0.25, 0.3) is 5.91 Å². The average Bonchev–Trinajstić information content (AvgIpc) is 2.74. The maximum Gasteiger partial charge on any atom is 0.254 e. The Morgan fingerprint density at radius 3 is 2.58 bits per heavy atom. The summed E-state index contributed by atoms with van der Waals surface area (Å²) >= 11 is 6.15. The van der Waals surface area contributed by atoms with Gasteiger partial charge in [0.2, 0.25) is 6.41 Å². The van der Waals surface area contributed by atoms with E-state index in [4.69, 9.17) is 16.3 Å². The lowest BCUT2D eigenvalue weighted by Gasteiger charge is -2.24. The molecule has 0 saturated heterocycles. The number of carbonyl (C=O) groups excluding carboxylic acids is 2. The van der Waals surface area contributed by atoms with Gasteiger partial charge in [0.15, 0.2) is 11.6 Å². The number of benzene rings is 2. The Balaban J connectivity index is 0.00000480. The van der Waals surface area contributed by atoms with Crippen LogP contribution in [-0.4, -0.2) is 32.0 Å². The van der Waals surface area contributed by atoms with Gasteiger partial charge >= 0.3 is 0 Å². The minimum atomic E-state index is -0.727. The number of ether oxygens (including phenoxy) is 1. The van der Waals surface area contributed by atoms with E-state index in [-0.39, 0.29) is 46.6 Å². The summed E-state index contributed by atoms with van der Waals surface area (Å²) in [5, 5.41) is 8.19. The first-order valence-corrected chi connectivity index (χ1v) is 9.80. The molecule has 2 rings (SSSR count). The fourth-order valence-electron chi connectivity index (χ4n) is 2.96. The van der Waals surface area contributed by atoms with Gasteiger partial charge in [0.1, 0.15) is 11.6 Å². The van der Waals surface area contributed by atoms with Crippen LogP contribution in [0.25, 0.3) is 0 Å². The molecule has 0 heterocycles. The summed E-state index contributed by atoms with van der Waals surface area (Å²) in [5.74, 6) is -2.18. The Morgan fingerprint density at radius 2 is 1.97 bits per heavy atom. The lowest BCUT2D eigenvalue weighted by Crippen LogP contribution is -2.38. The molecular formula is C21H25Cl2F2N3O3. The summed E-state index contributed by atoms with van der Waals surface area (Å²) in [7, 11) is 1.37. The topological polar surface area (TPSA) is 79.5 Å². The van der Waals surface area contributed by atoms with Crippen molar-refractivity contribution in [3.63, 3.8) is 0 Å². The molecule has 0 aliphatic carbocycles. The van der Waals surface area contributed by atoms with Gasteiger partial charge in [-0.15, -0.1) is 12.4 Å². The highest BCUT2D eigenvalue weighted by atomic mass is 35.5. The molecule has 0 aliphatic rings. The molecule has 2 aromatic rings. The van der Waals surface area contributed by atoms with E-state index in [9.17, 15) is 14.0 Å². The first kappa shape index (κ1) is 26.6. The summed E-state index contributed by atoms with van der Waals surface area (Å²) in [4.78, 5) is 22.3. The Kier molecular flexibility index (Phi) is 10.7. The van der Waals surface area contributed by atoms with Crippen molar-refractivity contribution in [1.82, 2.24) is 16.0 Å². The maximum absolute atomic E-state index is 15.3. The Morgan fingerprint density at radius 1 is 1.26 bits per heavy atom. The van der Waals surface area contributed by atoms with E-state index < -0.39 is 17.5 Å². The lowest BCUT2D eigenvalue weighted by molar-refractivity contribution is -0.109. The van der Waals surface area contributed by atoms with Crippen LogP contribution >= 0.6 is 24.0 Å². The zero-order valence-electron chi connectivity index (χ0n) is 17.3. The molecule has 2 atom stereocenters. The SMILES string of the molecule is CC[C@@H](N[C@H](C)CNC=O)c1ccc(Cl)c(Oc2ccc(F)c(C(=O)NC)c2)c1F.Cl. The van der Waals surface area contributed by atoms with E-state index in [1.807, 2.05) is 13.8 Å². The number of amides is 2. The monoisotopic (exact) mass is 475 g/mol. The lowest BCUT2D eigenvalue weighted by atomic mass is 10.0. The Bertz CT molecular complexity index is 916. The second kappa shape index (κ2) is 12.4. The molecule has 0 saturated carbocycles. The third kappa shape index (κ3) is 6.78. The molecule has 0 bridgehead atoms. The van der Waals surface area contributed by atoms with Crippen molar-refractivity contribution in [2.24, 2.45) is 0 Å². The van der Waals surface area contributed by atoms with Crippen LogP contribution in [0.1, 0.15) is 42.2 Å². The molecule has 0 aromatic heterocycles. The molecule has 2 aromatic carbocycles. The fraction of sp³-hybridized carbons (Fsp3) is 0.333. The quantitative estimate of drug-likeness (QED) is 0.445. The molecule has 2 amide bonds. The first-order valence-electron chi connectivity index (χ1n) is 9.42. The first-order chi connectivity index (χ1) is 14.3. The van der Waals surface area contributed by atoms with Gasteiger partial charge < -0.3 is 20.7 Å². The number of nitrogens with one attached hydrogen (secondary N) is 3. The molecule has 10 heteroatoms. The van der Waals surface area contributed by atoms with Crippen LogP contribution in [0.15, 0.2) is 30.3 Å². The maximum atomic E-state index is 15.3. The van der Waals surface area contributed by atoms with E-state index in [1.54, 1.807) is 6.07 Å². The largest absolute Gasteiger partial charge is 0.453 e. The smallest absolute Gasteiger partial charge is 0.254 e. The number of hydrogen-bond donors (Lipinski definition) is 3. The van der Waals surface area contributed by atoms with Crippen molar-refractivity contribution < 1.29 is 23.1 Å². The van der Waals surface area contributed by atoms with Crippen LogP contribution in [-0.2, 0) is 4.79 Å². The predicted molar refractivity (Wildman–Crippen MR) is 118 cm³/mol. The van der Waals surface area contributed by atoms with Gasteiger partial charge in [-0.2, -0.15) is 0 Å². The highest BCUT2D eigenvalue weighted by Crippen LogP contribution is 2.37. The van der Waals surface area contributed by atoms with Crippen LogP contribution < -0.4 is 20.7 Å². The van der Waals surface area contributed by atoms with E-state index >= 15 is 4.39 Å². The Hall–Kier alpha value is -2.42. The van der Waals surface area contributed by atoms with Crippen molar-refractivity contribution in [2.45, 2.75) is 32.4 Å². The molecular weight excluding hydrogens is 451 g/mol. The number of hydrogen-bond acceptors (Lipinski definition) is 4. The van der Waals surface area contributed by atoms with Crippen LogP contribution in [0.3, 0.4) is 0 Å². The average molecular weight is 476 g/mol. The molecule has 0 radical (unpaired) electrons. The standard InChI is InChI=1S/C21H24ClF2N3O3.ClH/c1-4-18(27-12(2)10-26-11-28)14-6-7-16(22)20(19(14)24)30-13-5-8-17(23)15(9-13)21(29)25-3;/h5-9,11-12,18,27H,4,10H2,1-3H3,(H,25,29)(H,26,28);1H/t12-,18-;/m1./s1. The molecule has 3 N–H and O–H groups in total. The van der Waals surface area contributed by atoms with Crippen LogP contribution in [0.5, 0.6) is 11.5 Å². The minimum absolute atomic E-state index is 0. The van der Waals surface area contributed by atoms with Crippen molar-refractivity contribution in [1.29, 1.82) is 0 Å². The normalized spacial score (nSPS) is 12.3. The number of rotatable bonds is 10. The predicted octanol–water partition coefficient (Wildman–Crippen LogP) is 4.37. The molecule has 170 valence electrons. The summed E-state index contributed by atoms with van der Waals surface area (Å²) < 4.78 is 34.8.